The van der Waals surface area contributed by atoms with Crippen LogP contribution in [-0.2, 0) is 4.79 Å². The van der Waals surface area contributed by atoms with Gasteiger partial charge in [0.2, 0.25) is 5.91 Å². The summed E-state index contributed by atoms with van der Waals surface area (Å²) in [5.41, 5.74) is 3.01. The van der Waals surface area contributed by atoms with Gasteiger partial charge in [-0.25, -0.2) is 0 Å². The molecule has 3 aromatic rings. The Hall–Kier alpha value is -3.11. The third kappa shape index (κ3) is 5.04. The molecule has 0 radical (unpaired) electrons. The molecule has 3 aromatic carbocycles. The number of nitrogens with zero attached hydrogens (tertiary/aromatic N) is 1. The number of hydrogen-bond acceptors (Lipinski definition) is 3. The summed E-state index contributed by atoms with van der Waals surface area (Å²) in [5.74, 6) is 0.463. The Balaban J connectivity index is 1.84. The van der Waals surface area contributed by atoms with Crippen molar-refractivity contribution in [2.75, 3.05) is 27.7 Å². The molecule has 1 amide bonds. The van der Waals surface area contributed by atoms with Crippen molar-refractivity contribution in [1.82, 2.24) is 10.2 Å². The lowest BCUT2D eigenvalue weighted by molar-refractivity contribution is -0.121. The van der Waals surface area contributed by atoms with E-state index in [2.05, 4.69) is 10.2 Å². The van der Waals surface area contributed by atoms with Crippen molar-refractivity contribution in [2.45, 2.75) is 12.0 Å². The lowest BCUT2D eigenvalue weighted by atomic mass is 9.90. The molecular weight excluding hydrogens is 360 g/mol. The van der Waals surface area contributed by atoms with Crippen LogP contribution in [0.3, 0.4) is 0 Å². The fraction of sp³-hybridized carbons (Fsp3) is 0.240. The number of para-hydroxylation sites is 1. The van der Waals surface area contributed by atoms with Crippen LogP contribution in [0.25, 0.3) is 0 Å². The van der Waals surface area contributed by atoms with E-state index in [1.807, 2.05) is 99.0 Å². The Morgan fingerprint density at radius 1 is 0.862 bits per heavy atom. The zero-order chi connectivity index (χ0) is 20.6. The molecule has 4 heteroatoms. The monoisotopic (exact) mass is 388 g/mol. The molecule has 0 aliphatic rings. The van der Waals surface area contributed by atoms with Crippen molar-refractivity contribution in [3.05, 3.63) is 102 Å². The largest absolute Gasteiger partial charge is 0.496 e. The lowest BCUT2D eigenvalue weighted by Crippen LogP contribution is -2.37. The van der Waals surface area contributed by atoms with Gasteiger partial charge < -0.3 is 15.0 Å². The van der Waals surface area contributed by atoms with Crippen molar-refractivity contribution in [1.29, 1.82) is 0 Å². The Bertz CT molecular complexity index is 871. The van der Waals surface area contributed by atoms with Crippen LogP contribution in [0.4, 0.5) is 0 Å². The van der Waals surface area contributed by atoms with Crippen LogP contribution in [0.2, 0.25) is 0 Å². The van der Waals surface area contributed by atoms with E-state index in [1.165, 1.54) is 0 Å². The maximum atomic E-state index is 13.3. The first kappa shape index (κ1) is 20.6. The van der Waals surface area contributed by atoms with Gasteiger partial charge in [0, 0.05) is 12.1 Å². The molecule has 0 bridgehead atoms. The quantitative estimate of drug-likeness (QED) is 0.627. The van der Waals surface area contributed by atoms with E-state index < -0.39 is 0 Å². The first-order valence-corrected chi connectivity index (χ1v) is 9.78. The van der Waals surface area contributed by atoms with Crippen molar-refractivity contribution in [3.63, 3.8) is 0 Å². The number of carbonyl (C=O) groups excluding carboxylic acids is 1. The average Bonchev–Trinajstić information content (AvgIpc) is 2.75. The second-order valence-electron chi connectivity index (χ2n) is 7.22. The molecule has 4 nitrogen and oxygen atoms in total. The van der Waals surface area contributed by atoms with Crippen LogP contribution in [0.15, 0.2) is 84.9 Å². The molecule has 1 atom stereocenters. The molecule has 0 aliphatic heterocycles. The van der Waals surface area contributed by atoms with Gasteiger partial charge >= 0.3 is 0 Å². The van der Waals surface area contributed by atoms with E-state index in [1.54, 1.807) is 7.11 Å². The summed E-state index contributed by atoms with van der Waals surface area (Å²) in [6.07, 6.45) is 0. The average molecular weight is 389 g/mol. The highest BCUT2D eigenvalue weighted by Crippen LogP contribution is 2.28. The standard InChI is InChI=1S/C25H28N2O2/c1-27(2)22(21-16-10-11-17-23(21)29-3)18-26-25(28)24(19-12-6-4-7-13-19)20-14-8-5-9-15-20/h4-17,22,24H,18H2,1-3H3,(H,26,28). The minimum Gasteiger partial charge on any atom is -0.496 e. The van der Waals surface area contributed by atoms with Crippen LogP contribution >= 0.6 is 0 Å². The van der Waals surface area contributed by atoms with Gasteiger partial charge in [0.25, 0.3) is 0 Å². The summed E-state index contributed by atoms with van der Waals surface area (Å²) in [7, 11) is 5.69. The third-order valence-electron chi connectivity index (χ3n) is 5.12. The zero-order valence-electron chi connectivity index (χ0n) is 17.2. The summed E-state index contributed by atoms with van der Waals surface area (Å²) in [6, 6.07) is 27.7. The predicted octanol–water partition coefficient (Wildman–Crippen LogP) is 4.25. The van der Waals surface area contributed by atoms with Crippen LogP contribution in [-0.4, -0.2) is 38.6 Å². The van der Waals surface area contributed by atoms with Gasteiger partial charge in [0.1, 0.15) is 5.75 Å². The number of amides is 1. The molecule has 0 spiro atoms. The molecule has 0 aromatic heterocycles. The highest BCUT2D eigenvalue weighted by Gasteiger charge is 2.25. The maximum absolute atomic E-state index is 13.3. The van der Waals surface area contributed by atoms with Crippen molar-refractivity contribution < 1.29 is 9.53 Å². The van der Waals surface area contributed by atoms with E-state index >= 15 is 0 Å². The molecule has 3 rings (SSSR count). The molecule has 29 heavy (non-hydrogen) atoms. The minimum atomic E-state index is -0.349. The first-order chi connectivity index (χ1) is 14.1. The van der Waals surface area contributed by atoms with Gasteiger partial charge in [0.05, 0.1) is 19.1 Å². The number of benzene rings is 3. The Morgan fingerprint density at radius 3 is 1.90 bits per heavy atom. The third-order valence-corrected chi connectivity index (χ3v) is 5.12. The van der Waals surface area contributed by atoms with E-state index in [0.29, 0.717) is 6.54 Å². The molecule has 1 N–H and O–H groups in total. The Morgan fingerprint density at radius 2 is 1.38 bits per heavy atom. The molecule has 150 valence electrons. The number of methoxy groups -OCH3 is 1. The first-order valence-electron chi connectivity index (χ1n) is 9.78. The van der Waals surface area contributed by atoms with Gasteiger partial charge in [0.15, 0.2) is 0 Å². The number of rotatable bonds is 8. The highest BCUT2D eigenvalue weighted by molar-refractivity contribution is 5.87. The summed E-state index contributed by atoms with van der Waals surface area (Å²) in [6.45, 7) is 0.488. The molecule has 0 aliphatic carbocycles. The second-order valence-corrected chi connectivity index (χ2v) is 7.22. The van der Waals surface area contributed by atoms with Crippen molar-refractivity contribution in [2.24, 2.45) is 0 Å². The summed E-state index contributed by atoms with van der Waals surface area (Å²) in [5, 5.41) is 3.17. The number of carbonyl (C=O) groups is 1. The maximum Gasteiger partial charge on any atom is 0.232 e. The van der Waals surface area contributed by atoms with Gasteiger partial charge in [-0.3, -0.25) is 4.79 Å². The molecule has 0 saturated heterocycles. The molecule has 0 fully saturated rings. The molecule has 1 unspecified atom stereocenters. The van der Waals surface area contributed by atoms with Crippen LogP contribution in [0.1, 0.15) is 28.7 Å². The van der Waals surface area contributed by atoms with Crippen LogP contribution in [0, 0.1) is 0 Å². The van der Waals surface area contributed by atoms with E-state index in [-0.39, 0.29) is 17.9 Å². The van der Waals surface area contributed by atoms with Gasteiger partial charge in [-0.1, -0.05) is 78.9 Å². The normalized spacial score (nSPS) is 12.0. The number of hydrogen-bond donors (Lipinski definition) is 1. The number of ether oxygens (including phenoxy) is 1. The van der Waals surface area contributed by atoms with E-state index in [0.717, 1.165) is 22.4 Å². The number of likely N-dealkylation sites (N-methyl/N-ethyl adjacent to an activating group) is 1. The highest BCUT2D eigenvalue weighted by atomic mass is 16.5. The second kappa shape index (κ2) is 9.89. The Kier molecular flexibility index (Phi) is 7.04. The van der Waals surface area contributed by atoms with Crippen molar-refractivity contribution in [3.8, 4) is 5.75 Å². The van der Waals surface area contributed by atoms with Crippen molar-refractivity contribution >= 4 is 5.91 Å². The van der Waals surface area contributed by atoms with Crippen LogP contribution in [0.5, 0.6) is 5.75 Å². The van der Waals surface area contributed by atoms with Crippen LogP contribution < -0.4 is 10.1 Å². The minimum absolute atomic E-state index is 0.00213. The summed E-state index contributed by atoms with van der Waals surface area (Å²) in [4.78, 5) is 15.4. The fourth-order valence-electron chi connectivity index (χ4n) is 3.60. The Labute approximate surface area is 173 Å². The van der Waals surface area contributed by atoms with Gasteiger partial charge in [-0.2, -0.15) is 0 Å². The molecule has 0 saturated carbocycles. The topological polar surface area (TPSA) is 41.6 Å². The lowest BCUT2D eigenvalue weighted by Gasteiger charge is -2.27. The van der Waals surface area contributed by atoms with E-state index in [9.17, 15) is 4.79 Å². The summed E-state index contributed by atoms with van der Waals surface area (Å²) < 4.78 is 5.53. The zero-order valence-corrected chi connectivity index (χ0v) is 17.2. The van der Waals surface area contributed by atoms with Gasteiger partial charge in [-0.15, -0.1) is 0 Å². The fourth-order valence-corrected chi connectivity index (χ4v) is 3.60. The van der Waals surface area contributed by atoms with Gasteiger partial charge in [-0.05, 0) is 31.3 Å². The predicted molar refractivity (Wildman–Crippen MR) is 117 cm³/mol. The summed E-state index contributed by atoms with van der Waals surface area (Å²) >= 11 is 0. The molecular formula is C25H28N2O2. The molecule has 0 heterocycles. The smallest absolute Gasteiger partial charge is 0.232 e. The number of nitrogens with one attached hydrogen (secondary N) is 1. The van der Waals surface area contributed by atoms with E-state index in [4.69, 9.17) is 4.74 Å². The SMILES string of the molecule is COc1ccccc1C(CNC(=O)C(c1ccccc1)c1ccccc1)N(C)C.